The molecule has 0 bridgehead atoms. The largest absolute Gasteiger partial charge is 0.474 e. The average molecular weight is 235 g/mol. The van der Waals surface area contributed by atoms with E-state index in [9.17, 15) is 0 Å². The summed E-state index contributed by atoms with van der Waals surface area (Å²) in [5.74, 6) is 0.630. The van der Waals surface area contributed by atoms with Crippen LogP contribution in [-0.4, -0.2) is 34.9 Å². The molecule has 0 aliphatic carbocycles. The lowest BCUT2D eigenvalue weighted by atomic mass is 10.2. The molecule has 0 radical (unpaired) electrons. The Kier molecular flexibility index (Phi) is 3.93. The maximum Gasteiger partial charge on any atom is 0.240 e. The van der Waals surface area contributed by atoms with E-state index < -0.39 is 0 Å². The lowest BCUT2D eigenvalue weighted by Crippen LogP contribution is -2.07. The molecule has 2 heterocycles. The fraction of sp³-hybridized carbons (Fsp3) is 0.500. The topological polar surface area (TPSA) is 48.7 Å². The van der Waals surface area contributed by atoms with E-state index in [1.54, 1.807) is 17.8 Å². The zero-order valence-electron chi connectivity index (χ0n) is 10.2. The van der Waals surface area contributed by atoms with Crippen molar-refractivity contribution < 1.29 is 9.47 Å². The zero-order valence-corrected chi connectivity index (χ0v) is 10.2. The predicted octanol–water partition coefficient (Wildman–Crippen LogP) is 1.71. The van der Waals surface area contributed by atoms with Crippen LogP contribution in [0.4, 0.5) is 0 Å². The molecule has 0 atom stereocenters. The van der Waals surface area contributed by atoms with Gasteiger partial charge in [0.15, 0.2) is 0 Å². The van der Waals surface area contributed by atoms with Gasteiger partial charge in [0.2, 0.25) is 5.88 Å². The molecule has 92 valence electrons. The monoisotopic (exact) mass is 235 g/mol. The Morgan fingerprint density at radius 1 is 1.35 bits per heavy atom. The Morgan fingerprint density at radius 3 is 3.00 bits per heavy atom. The quantitative estimate of drug-likeness (QED) is 0.715. The van der Waals surface area contributed by atoms with Crippen LogP contribution in [0.15, 0.2) is 18.6 Å². The van der Waals surface area contributed by atoms with Crippen molar-refractivity contribution in [3.63, 3.8) is 0 Å². The predicted molar refractivity (Wildman–Crippen MR) is 64.4 cm³/mol. The summed E-state index contributed by atoms with van der Waals surface area (Å²) in [5, 5.41) is 4.29. The summed E-state index contributed by atoms with van der Waals surface area (Å²) < 4.78 is 12.4. The summed E-state index contributed by atoms with van der Waals surface area (Å²) in [4.78, 5) is 4.26. The lowest BCUT2D eigenvalue weighted by molar-refractivity contribution is 0.144. The van der Waals surface area contributed by atoms with Gasteiger partial charge in [-0.2, -0.15) is 5.10 Å². The Labute approximate surface area is 100 Å². The maximum absolute atomic E-state index is 5.61. The van der Waals surface area contributed by atoms with Gasteiger partial charge in [-0.25, -0.2) is 9.50 Å². The summed E-state index contributed by atoms with van der Waals surface area (Å²) in [7, 11) is 1.65. The highest BCUT2D eigenvalue weighted by molar-refractivity contribution is 5.61. The van der Waals surface area contributed by atoms with E-state index in [0.29, 0.717) is 19.1 Å². The van der Waals surface area contributed by atoms with Gasteiger partial charge in [-0.1, -0.05) is 13.3 Å². The van der Waals surface area contributed by atoms with Gasteiger partial charge in [-0.05, 0) is 6.42 Å². The van der Waals surface area contributed by atoms with Crippen molar-refractivity contribution in [1.82, 2.24) is 14.6 Å². The maximum atomic E-state index is 5.61. The first-order valence-electron chi connectivity index (χ1n) is 5.79. The van der Waals surface area contributed by atoms with Crippen molar-refractivity contribution >= 4 is 5.52 Å². The first kappa shape index (κ1) is 11.9. The third-order valence-corrected chi connectivity index (χ3v) is 2.52. The van der Waals surface area contributed by atoms with Gasteiger partial charge < -0.3 is 9.47 Å². The van der Waals surface area contributed by atoms with Gasteiger partial charge in [0.25, 0.3) is 0 Å². The number of aromatic nitrogens is 3. The van der Waals surface area contributed by atoms with E-state index in [2.05, 4.69) is 17.0 Å². The number of rotatable bonds is 6. The van der Waals surface area contributed by atoms with Crippen molar-refractivity contribution in [2.24, 2.45) is 0 Å². The summed E-state index contributed by atoms with van der Waals surface area (Å²) in [6, 6.07) is 0. The molecule has 5 nitrogen and oxygen atoms in total. The highest BCUT2D eigenvalue weighted by atomic mass is 16.5. The molecule has 0 aromatic carbocycles. The van der Waals surface area contributed by atoms with Gasteiger partial charge >= 0.3 is 0 Å². The van der Waals surface area contributed by atoms with Crippen molar-refractivity contribution in [2.45, 2.75) is 19.8 Å². The molecular formula is C12H17N3O2. The van der Waals surface area contributed by atoms with Gasteiger partial charge in [0, 0.05) is 25.1 Å². The van der Waals surface area contributed by atoms with E-state index in [1.165, 1.54) is 5.56 Å². The molecule has 0 aliphatic heterocycles. The molecule has 2 aromatic rings. The number of hydrogen-bond acceptors (Lipinski definition) is 4. The number of methoxy groups -OCH3 is 1. The molecule has 0 unspecified atom stereocenters. The summed E-state index contributed by atoms with van der Waals surface area (Å²) >= 11 is 0. The third-order valence-electron chi connectivity index (χ3n) is 2.52. The van der Waals surface area contributed by atoms with Crippen LogP contribution in [0.1, 0.15) is 18.9 Å². The Morgan fingerprint density at radius 2 is 2.24 bits per heavy atom. The molecule has 0 N–H and O–H groups in total. The fourth-order valence-corrected chi connectivity index (χ4v) is 1.75. The van der Waals surface area contributed by atoms with Crippen LogP contribution in [0.25, 0.3) is 5.52 Å². The van der Waals surface area contributed by atoms with E-state index in [-0.39, 0.29) is 0 Å². The second-order valence-corrected chi connectivity index (χ2v) is 3.79. The Hall–Kier alpha value is -1.62. The molecule has 0 spiro atoms. The number of ether oxygens (including phenoxy) is 2. The molecule has 0 amide bonds. The van der Waals surface area contributed by atoms with E-state index in [1.807, 2.05) is 12.4 Å². The smallest absolute Gasteiger partial charge is 0.240 e. The first-order valence-corrected chi connectivity index (χ1v) is 5.79. The van der Waals surface area contributed by atoms with Crippen LogP contribution in [0.2, 0.25) is 0 Å². The second kappa shape index (κ2) is 5.63. The Balaban J connectivity index is 2.29. The molecule has 0 saturated carbocycles. The number of aryl methyl sites for hydroxylation is 1. The van der Waals surface area contributed by atoms with Crippen LogP contribution in [0.5, 0.6) is 5.88 Å². The zero-order chi connectivity index (χ0) is 12.1. The molecule has 5 heteroatoms. The van der Waals surface area contributed by atoms with E-state index in [4.69, 9.17) is 9.47 Å². The summed E-state index contributed by atoms with van der Waals surface area (Å²) in [5.41, 5.74) is 2.14. The molecule has 0 saturated heterocycles. The standard InChI is InChI=1S/C12H17N3O2/c1-3-4-10-9-14-15-6-5-13-12(11(10)15)17-8-7-16-2/h5-6,9H,3-4,7-8H2,1-2H3. The SMILES string of the molecule is CCCc1cnn2ccnc(OCCOC)c12. The number of fused-ring (bicyclic) bond motifs is 1. The van der Waals surface area contributed by atoms with Crippen LogP contribution in [0.3, 0.4) is 0 Å². The minimum Gasteiger partial charge on any atom is -0.474 e. The molecule has 2 rings (SSSR count). The van der Waals surface area contributed by atoms with Gasteiger partial charge in [-0.15, -0.1) is 0 Å². The summed E-state index contributed by atoms with van der Waals surface area (Å²) in [6.07, 6.45) is 7.46. The van der Waals surface area contributed by atoms with Crippen molar-refractivity contribution in [3.8, 4) is 5.88 Å². The molecular weight excluding hydrogens is 218 g/mol. The molecule has 0 aliphatic rings. The first-order chi connectivity index (χ1) is 8.36. The van der Waals surface area contributed by atoms with Gasteiger partial charge in [0.1, 0.15) is 12.1 Å². The van der Waals surface area contributed by atoms with Crippen molar-refractivity contribution in [3.05, 3.63) is 24.2 Å². The third kappa shape index (κ3) is 2.55. The van der Waals surface area contributed by atoms with Crippen LogP contribution >= 0.6 is 0 Å². The van der Waals surface area contributed by atoms with Crippen LogP contribution < -0.4 is 4.74 Å². The normalized spacial score (nSPS) is 10.9. The molecule has 0 fully saturated rings. The highest BCUT2D eigenvalue weighted by Gasteiger charge is 2.10. The lowest BCUT2D eigenvalue weighted by Gasteiger charge is -2.06. The molecule has 2 aromatic heterocycles. The fourth-order valence-electron chi connectivity index (χ4n) is 1.75. The molecule has 17 heavy (non-hydrogen) atoms. The number of hydrogen-bond donors (Lipinski definition) is 0. The minimum atomic E-state index is 0.500. The Bertz CT molecular complexity index is 482. The van der Waals surface area contributed by atoms with Gasteiger partial charge in [0.05, 0.1) is 12.8 Å². The minimum absolute atomic E-state index is 0.500. The second-order valence-electron chi connectivity index (χ2n) is 3.79. The van der Waals surface area contributed by atoms with E-state index in [0.717, 1.165) is 18.4 Å². The summed E-state index contributed by atoms with van der Waals surface area (Å²) in [6.45, 7) is 3.20. The van der Waals surface area contributed by atoms with Crippen LogP contribution in [-0.2, 0) is 11.2 Å². The average Bonchev–Trinajstić information content (AvgIpc) is 2.75. The van der Waals surface area contributed by atoms with Crippen molar-refractivity contribution in [1.29, 1.82) is 0 Å². The highest BCUT2D eigenvalue weighted by Crippen LogP contribution is 2.21. The van der Waals surface area contributed by atoms with E-state index >= 15 is 0 Å². The van der Waals surface area contributed by atoms with Crippen LogP contribution in [0, 0.1) is 0 Å². The van der Waals surface area contributed by atoms with Gasteiger partial charge in [-0.3, -0.25) is 0 Å². The number of nitrogens with zero attached hydrogens (tertiary/aromatic N) is 3. The van der Waals surface area contributed by atoms with Crippen molar-refractivity contribution in [2.75, 3.05) is 20.3 Å².